The van der Waals surface area contributed by atoms with Gasteiger partial charge in [-0.25, -0.2) is 4.39 Å². The van der Waals surface area contributed by atoms with E-state index in [0.717, 1.165) is 16.9 Å². The molecular formula is C15H11FOS. The first-order valence-electron chi connectivity index (χ1n) is 5.59. The molecule has 1 nitrogen and oxygen atoms in total. The van der Waals surface area contributed by atoms with Gasteiger partial charge in [0.15, 0.2) is 0 Å². The van der Waals surface area contributed by atoms with Gasteiger partial charge < -0.3 is 4.74 Å². The van der Waals surface area contributed by atoms with Crippen molar-refractivity contribution >= 4 is 21.4 Å². The van der Waals surface area contributed by atoms with Crippen molar-refractivity contribution in [1.29, 1.82) is 0 Å². The molecule has 3 rings (SSSR count). The number of rotatable bonds is 2. The number of halogens is 1. The lowest BCUT2D eigenvalue weighted by atomic mass is 10.0. The van der Waals surface area contributed by atoms with Crippen molar-refractivity contribution in [2.45, 2.75) is 0 Å². The number of methoxy groups -OCH3 is 1. The van der Waals surface area contributed by atoms with Gasteiger partial charge in [-0.1, -0.05) is 12.1 Å². The summed E-state index contributed by atoms with van der Waals surface area (Å²) in [5, 5.41) is 3.27. The van der Waals surface area contributed by atoms with Crippen LogP contribution in [0.25, 0.3) is 21.2 Å². The zero-order valence-electron chi connectivity index (χ0n) is 9.81. The van der Waals surface area contributed by atoms with E-state index in [1.165, 1.54) is 22.2 Å². The lowest BCUT2D eigenvalue weighted by Gasteiger charge is -2.02. The molecular weight excluding hydrogens is 247 g/mol. The van der Waals surface area contributed by atoms with Gasteiger partial charge in [0.2, 0.25) is 0 Å². The fourth-order valence-electron chi connectivity index (χ4n) is 1.99. The molecule has 0 spiro atoms. The summed E-state index contributed by atoms with van der Waals surface area (Å²) in [5.74, 6) is 0.648. The Kier molecular flexibility index (Phi) is 2.76. The Hall–Kier alpha value is -1.87. The molecule has 18 heavy (non-hydrogen) atoms. The molecule has 0 amide bonds. The molecule has 0 saturated heterocycles. The van der Waals surface area contributed by atoms with Gasteiger partial charge in [-0.05, 0) is 41.3 Å². The number of benzene rings is 2. The van der Waals surface area contributed by atoms with Crippen LogP contribution in [-0.2, 0) is 0 Å². The van der Waals surface area contributed by atoms with Crippen molar-refractivity contribution in [2.75, 3.05) is 7.11 Å². The van der Waals surface area contributed by atoms with E-state index in [1.54, 1.807) is 30.6 Å². The zero-order chi connectivity index (χ0) is 12.5. The van der Waals surface area contributed by atoms with Crippen molar-refractivity contribution < 1.29 is 9.13 Å². The third-order valence-corrected chi connectivity index (χ3v) is 3.88. The monoisotopic (exact) mass is 258 g/mol. The molecule has 2 aromatic carbocycles. The smallest absolute Gasteiger partial charge is 0.123 e. The standard InChI is InChI=1S/C15H11FOS/c1-17-12-6-7-13-14(9-18-15(13)8-12)10-2-4-11(16)5-3-10/h2-9H,1H3. The van der Waals surface area contributed by atoms with Crippen molar-refractivity contribution in [3.63, 3.8) is 0 Å². The van der Waals surface area contributed by atoms with Crippen LogP contribution in [0.4, 0.5) is 4.39 Å². The van der Waals surface area contributed by atoms with Crippen molar-refractivity contribution in [3.05, 3.63) is 53.7 Å². The molecule has 0 aliphatic carbocycles. The van der Waals surface area contributed by atoms with Crippen LogP contribution < -0.4 is 4.74 Å². The second-order valence-electron chi connectivity index (χ2n) is 4.02. The maximum absolute atomic E-state index is 12.9. The van der Waals surface area contributed by atoms with E-state index in [4.69, 9.17) is 4.74 Å². The molecule has 3 heteroatoms. The van der Waals surface area contributed by atoms with E-state index >= 15 is 0 Å². The van der Waals surface area contributed by atoms with Gasteiger partial charge >= 0.3 is 0 Å². The molecule has 3 aromatic rings. The van der Waals surface area contributed by atoms with Crippen LogP contribution in [0.3, 0.4) is 0 Å². The quantitative estimate of drug-likeness (QED) is 0.646. The van der Waals surface area contributed by atoms with E-state index in [9.17, 15) is 4.39 Å². The lowest BCUT2D eigenvalue weighted by molar-refractivity contribution is 0.415. The van der Waals surface area contributed by atoms with Gasteiger partial charge in [-0.2, -0.15) is 0 Å². The maximum Gasteiger partial charge on any atom is 0.123 e. The molecule has 0 fully saturated rings. The van der Waals surface area contributed by atoms with Crippen LogP contribution in [0.5, 0.6) is 5.75 Å². The van der Waals surface area contributed by atoms with Gasteiger partial charge in [0.1, 0.15) is 11.6 Å². The third-order valence-electron chi connectivity index (χ3n) is 2.94. The first kappa shape index (κ1) is 11.2. The molecule has 0 aliphatic heterocycles. The lowest BCUT2D eigenvalue weighted by Crippen LogP contribution is -1.81. The van der Waals surface area contributed by atoms with Crippen LogP contribution in [0.15, 0.2) is 47.8 Å². The minimum Gasteiger partial charge on any atom is -0.497 e. The van der Waals surface area contributed by atoms with E-state index in [-0.39, 0.29) is 5.82 Å². The van der Waals surface area contributed by atoms with Gasteiger partial charge in [-0.3, -0.25) is 0 Å². The highest BCUT2D eigenvalue weighted by Gasteiger charge is 2.07. The number of hydrogen-bond donors (Lipinski definition) is 0. The van der Waals surface area contributed by atoms with E-state index in [0.29, 0.717) is 0 Å². The number of hydrogen-bond acceptors (Lipinski definition) is 2. The minimum absolute atomic E-state index is 0.208. The molecule has 0 bridgehead atoms. The SMILES string of the molecule is COc1ccc2c(-c3ccc(F)cc3)csc2c1. The molecule has 0 unspecified atom stereocenters. The van der Waals surface area contributed by atoms with Crippen molar-refractivity contribution in [2.24, 2.45) is 0 Å². The first-order valence-corrected chi connectivity index (χ1v) is 6.47. The second-order valence-corrected chi connectivity index (χ2v) is 4.93. The molecule has 0 N–H and O–H groups in total. The average Bonchev–Trinajstić information content (AvgIpc) is 2.82. The minimum atomic E-state index is -0.208. The van der Waals surface area contributed by atoms with Crippen LogP contribution in [0.1, 0.15) is 0 Å². The molecule has 1 heterocycles. The van der Waals surface area contributed by atoms with Crippen LogP contribution >= 0.6 is 11.3 Å². The highest BCUT2D eigenvalue weighted by molar-refractivity contribution is 7.17. The second kappa shape index (κ2) is 4.42. The molecule has 0 aliphatic rings. The third kappa shape index (κ3) is 1.87. The predicted octanol–water partition coefficient (Wildman–Crippen LogP) is 4.72. The predicted molar refractivity (Wildman–Crippen MR) is 73.8 cm³/mol. The fraction of sp³-hybridized carbons (Fsp3) is 0.0667. The molecule has 0 saturated carbocycles. The highest BCUT2D eigenvalue weighted by Crippen LogP contribution is 2.35. The topological polar surface area (TPSA) is 9.23 Å². The summed E-state index contributed by atoms with van der Waals surface area (Å²) in [4.78, 5) is 0. The Morgan fingerprint density at radius 1 is 1.06 bits per heavy atom. The van der Waals surface area contributed by atoms with Crippen LogP contribution in [-0.4, -0.2) is 7.11 Å². The van der Waals surface area contributed by atoms with Crippen LogP contribution in [0, 0.1) is 5.82 Å². The summed E-state index contributed by atoms with van der Waals surface area (Å²) in [6.07, 6.45) is 0. The van der Waals surface area contributed by atoms with E-state index in [2.05, 4.69) is 5.38 Å². The highest BCUT2D eigenvalue weighted by atomic mass is 32.1. The normalized spacial score (nSPS) is 10.8. The Balaban J connectivity index is 2.15. The Bertz CT molecular complexity index is 685. The Labute approximate surface area is 108 Å². The van der Waals surface area contributed by atoms with Crippen LogP contribution in [0.2, 0.25) is 0 Å². The molecule has 90 valence electrons. The average molecular weight is 258 g/mol. The number of fused-ring (bicyclic) bond motifs is 1. The summed E-state index contributed by atoms with van der Waals surface area (Å²) in [7, 11) is 1.66. The summed E-state index contributed by atoms with van der Waals surface area (Å²) in [5.41, 5.74) is 2.17. The molecule has 1 aromatic heterocycles. The number of thiophene rings is 1. The van der Waals surface area contributed by atoms with E-state index < -0.39 is 0 Å². The Morgan fingerprint density at radius 3 is 2.56 bits per heavy atom. The maximum atomic E-state index is 12.9. The molecule has 0 atom stereocenters. The molecule has 0 radical (unpaired) electrons. The first-order chi connectivity index (χ1) is 8.78. The summed E-state index contributed by atoms with van der Waals surface area (Å²) in [6.45, 7) is 0. The van der Waals surface area contributed by atoms with Gasteiger partial charge in [0.25, 0.3) is 0 Å². The fourth-order valence-corrected chi connectivity index (χ4v) is 2.99. The summed E-state index contributed by atoms with van der Waals surface area (Å²) < 4.78 is 19.3. The largest absolute Gasteiger partial charge is 0.497 e. The zero-order valence-corrected chi connectivity index (χ0v) is 10.6. The van der Waals surface area contributed by atoms with Crippen molar-refractivity contribution in [1.82, 2.24) is 0 Å². The van der Waals surface area contributed by atoms with Gasteiger partial charge in [0, 0.05) is 15.6 Å². The summed E-state index contributed by atoms with van der Waals surface area (Å²) >= 11 is 1.67. The van der Waals surface area contributed by atoms with E-state index in [1.807, 2.05) is 18.2 Å². The van der Waals surface area contributed by atoms with Gasteiger partial charge in [-0.15, -0.1) is 11.3 Å². The van der Waals surface area contributed by atoms with Gasteiger partial charge in [0.05, 0.1) is 7.11 Å². The summed E-state index contributed by atoms with van der Waals surface area (Å²) in [6, 6.07) is 12.6. The van der Waals surface area contributed by atoms with Crippen molar-refractivity contribution in [3.8, 4) is 16.9 Å². The Morgan fingerprint density at radius 2 is 1.83 bits per heavy atom. The number of ether oxygens (including phenoxy) is 1.